The molecule has 0 aliphatic carbocycles. The molecule has 1 heterocycles. The van der Waals surface area contributed by atoms with E-state index in [0.29, 0.717) is 34.0 Å². The molecule has 5 aromatic rings. The van der Waals surface area contributed by atoms with Crippen molar-refractivity contribution < 1.29 is 23.4 Å². The van der Waals surface area contributed by atoms with Crippen LogP contribution in [-0.2, 0) is 0 Å². The minimum Gasteiger partial charge on any atom is -0.507 e. The molecule has 7 heteroatoms. The van der Waals surface area contributed by atoms with Gasteiger partial charge in [0.15, 0.2) is 5.58 Å². The lowest BCUT2D eigenvalue weighted by Gasteiger charge is -2.05. The summed E-state index contributed by atoms with van der Waals surface area (Å²) in [6.07, 6.45) is 1.65. The third-order valence-electron chi connectivity index (χ3n) is 5.04. The fraction of sp³-hybridized carbons (Fsp3) is 0. The zero-order chi connectivity index (χ0) is 23.5. The van der Waals surface area contributed by atoms with E-state index in [-0.39, 0.29) is 11.3 Å². The molecule has 1 N–H and O–H groups in total. The summed E-state index contributed by atoms with van der Waals surface area (Å²) >= 11 is 0. The van der Waals surface area contributed by atoms with Crippen molar-refractivity contribution in [1.29, 1.82) is 0 Å². The summed E-state index contributed by atoms with van der Waals surface area (Å²) in [5.74, 6) is -0.290. The lowest BCUT2D eigenvalue weighted by molar-refractivity contribution is 0.0734. The van der Waals surface area contributed by atoms with Crippen molar-refractivity contribution in [3.05, 3.63) is 108 Å². The number of hydrogen-bond acceptors (Lipinski definition) is 6. The van der Waals surface area contributed by atoms with E-state index in [4.69, 9.17) is 9.15 Å². The molecule has 0 saturated carbocycles. The maximum atomic E-state index is 13.0. The highest BCUT2D eigenvalue weighted by atomic mass is 19.1. The van der Waals surface area contributed by atoms with Gasteiger partial charge in [-0.25, -0.2) is 14.2 Å². The van der Waals surface area contributed by atoms with Crippen LogP contribution < -0.4 is 4.74 Å². The molecule has 0 saturated heterocycles. The third-order valence-corrected chi connectivity index (χ3v) is 5.04. The highest BCUT2D eigenvalue weighted by Gasteiger charge is 2.13. The van der Waals surface area contributed by atoms with Gasteiger partial charge >= 0.3 is 5.97 Å². The first-order chi connectivity index (χ1) is 16.5. The Morgan fingerprint density at radius 3 is 2.50 bits per heavy atom. The maximum absolute atomic E-state index is 13.0. The molecule has 4 aromatic carbocycles. The van der Waals surface area contributed by atoms with Crippen molar-refractivity contribution in [3.63, 3.8) is 0 Å². The molecule has 0 spiro atoms. The minimum absolute atomic E-state index is 0.0397. The predicted molar refractivity (Wildman–Crippen MR) is 126 cm³/mol. The Bertz CT molecular complexity index is 1470. The summed E-state index contributed by atoms with van der Waals surface area (Å²) in [5, 5.41) is 10.3. The zero-order valence-electron chi connectivity index (χ0n) is 17.7. The van der Waals surface area contributed by atoms with Crippen LogP contribution in [0.4, 0.5) is 10.1 Å². The number of phenols is 1. The maximum Gasteiger partial charge on any atom is 0.343 e. The van der Waals surface area contributed by atoms with Crippen LogP contribution in [0.1, 0.15) is 15.9 Å². The number of aromatic hydroxyl groups is 1. The number of esters is 1. The van der Waals surface area contributed by atoms with E-state index in [9.17, 15) is 14.3 Å². The van der Waals surface area contributed by atoms with Crippen molar-refractivity contribution in [2.45, 2.75) is 0 Å². The second-order valence-corrected chi connectivity index (χ2v) is 7.41. The van der Waals surface area contributed by atoms with Crippen LogP contribution in [0.15, 0.2) is 100 Å². The number of carbonyl (C=O) groups is 1. The minimum atomic E-state index is -0.572. The lowest BCUT2D eigenvalue weighted by atomic mass is 10.1. The van der Waals surface area contributed by atoms with Crippen molar-refractivity contribution in [2.24, 2.45) is 4.99 Å². The Hall–Kier alpha value is -4.78. The van der Waals surface area contributed by atoms with Gasteiger partial charge in [0, 0.05) is 6.21 Å². The van der Waals surface area contributed by atoms with Gasteiger partial charge in [-0.3, -0.25) is 4.99 Å². The summed E-state index contributed by atoms with van der Waals surface area (Å²) in [6.45, 7) is 0. The number of halogens is 1. The first kappa shape index (κ1) is 21.1. The first-order valence-electron chi connectivity index (χ1n) is 10.4. The Morgan fingerprint density at radius 1 is 0.971 bits per heavy atom. The van der Waals surface area contributed by atoms with Gasteiger partial charge in [0.25, 0.3) is 0 Å². The summed E-state index contributed by atoms with van der Waals surface area (Å²) in [7, 11) is 0. The molecule has 0 atom stereocenters. The number of hydrogen-bond donors (Lipinski definition) is 1. The van der Waals surface area contributed by atoms with Crippen LogP contribution >= 0.6 is 0 Å². The van der Waals surface area contributed by atoms with Gasteiger partial charge in [-0.15, -0.1) is 0 Å². The molecular formula is C27H17FN2O4. The van der Waals surface area contributed by atoms with Crippen LogP contribution in [-0.4, -0.2) is 22.3 Å². The van der Waals surface area contributed by atoms with Gasteiger partial charge in [0.1, 0.15) is 22.8 Å². The molecule has 0 fully saturated rings. The highest BCUT2D eigenvalue weighted by molar-refractivity contribution is 5.91. The predicted octanol–water partition coefficient (Wildman–Crippen LogP) is 6.31. The summed E-state index contributed by atoms with van der Waals surface area (Å²) < 4.78 is 24.1. The number of para-hydroxylation sites is 2. The number of aromatic nitrogens is 1. The van der Waals surface area contributed by atoms with Gasteiger partial charge in [-0.05, 0) is 84.4 Å². The van der Waals surface area contributed by atoms with Crippen LogP contribution in [0.25, 0.3) is 22.6 Å². The second kappa shape index (κ2) is 8.99. The van der Waals surface area contributed by atoms with Crippen molar-refractivity contribution in [3.8, 4) is 23.0 Å². The number of carbonyl (C=O) groups excluding carboxylic acids is 1. The van der Waals surface area contributed by atoms with Gasteiger partial charge in [-0.2, -0.15) is 0 Å². The summed E-state index contributed by atoms with van der Waals surface area (Å²) in [6, 6.07) is 24.2. The third kappa shape index (κ3) is 4.54. The summed E-state index contributed by atoms with van der Waals surface area (Å²) in [4.78, 5) is 21.0. The molecule has 0 radical (unpaired) electrons. The van der Waals surface area contributed by atoms with Crippen LogP contribution in [0.2, 0.25) is 0 Å². The quantitative estimate of drug-likeness (QED) is 0.192. The smallest absolute Gasteiger partial charge is 0.343 e. The average Bonchev–Trinajstić information content (AvgIpc) is 3.29. The van der Waals surface area contributed by atoms with E-state index in [1.807, 2.05) is 24.3 Å². The number of rotatable bonds is 5. The molecule has 166 valence electrons. The van der Waals surface area contributed by atoms with Crippen molar-refractivity contribution in [2.75, 3.05) is 0 Å². The van der Waals surface area contributed by atoms with Gasteiger partial charge < -0.3 is 14.3 Å². The second-order valence-electron chi connectivity index (χ2n) is 7.41. The van der Waals surface area contributed by atoms with E-state index in [1.165, 1.54) is 30.3 Å². The molecule has 6 nitrogen and oxygen atoms in total. The fourth-order valence-electron chi connectivity index (χ4n) is 3.29. The standard InChI is InChI=1S/C27H17FN2O4/c28-19-9-7-18(8-10-19)27(32)33-21-12-5-17(6-13-21)16-29-20-11-14-24(31)22(15-20)26-30-23-3-1-2-4-25(23)34-26/h1-16,31H. The van der Waals surface area contributed by atoms with Crippen molar-refractivity contribution in [1.82, 2.24) is 4.98 Å². The number of fused-ring (bicyclic) bond motifs is 1. The van der Waals surface area contributed by atoms with Gasteiger partial charge in [-0.1, -0.05) is 12.1 Å². The van der Waals surface area contributed by atoms with Crippen LogP contribution in [0.3, 0.4) is 0 Å². The summed E-state index contributed by atoms with van der Waals surface area (Å²) in [5.41, 5.74) is 3.40. The largest absolute Gasteiger partial charge is 0.507 e. The normalized spacial score (nSPS) is 11.2. The average molecular weight is 452 g/mol. The molecule has 0 aliphatic rings. The topological polar surface area (TPSA) is 84.9 Å². The molecule has 0 bridgehead atoms. The monoisotopic (exact) mass is 452 g/mol. The van der Waals surface area contributed by atoms with E-state index in [2.05, 4.69) is 9.98 Å². The van der Waals surface area contributed by atoms with Gasteiger partial charge in [0.2, 0.25) is 5.89 Å². The molecule has 0 unspecified atom stereocenters. The van der Waals surface area contributed by atoms with Crippen LogP contribution in [0, 0.1) is 5.82 Å². The molecule has 0 amide bonds. The van der Waals surface area contributed by atoms with Crippen LogP contribution in [0.5, 0.6) is 11.5 Å². The van der Waals surface area contributed by atoms with Gasteiger partial charge in [0.05, 0.1) is 16.8 Å². The Balaban J connectivity index is 1.30. The first-order valence-corrected chi connectivity index (χ1v) is 10.4. The van der Waals surface area contributed by atoms with E-state index in [1.54, 1.807) is 42.6 Å². The number of phenolic OH excluding ortho intramolecular Hbond substituents is 1. The van der Waals surface area contributed by atoms with E-state index < -0.39 is 11.8 Å². The lowest BCUT2D eigenvalue weighted by Crippen LogP contribution is -2.08. The number of ether oxygens (including phenoxy) is 1. The molecule has 0 aliphatic heterocycles. The molecule has 34 heavy (non-hydrogen) atoms. The molecular weight excluding hydrogens is 435 g/mol. The Kier molecular flexibility index (Phi) is 5.58. The highest BCUT2D eigenvalue weighted by Crippen LogP contribution is 2.34. The number of nitrogens with zero attached hydrogens (tertiary/aromatic N) is 2. The number of oxazole rings is 1. The zero-order valence-corrected chi connectivity index (χ0v) is 17.7. The van der Waals surface area contributed by atoms with E-state index >= 15 is 0 Å². The SMILES string of the molecule is O=C(Oc1ccc(C=Nc2ccc(O)c(-c3nc4ccccc4o3)c2)cc1)c1ccc(F)cc1. The molecule has 5 rings (SSSR count). The number of aliphatic imine (C=N–C) groups is 1. The number of benzene rings is 4. The Morgan fingerprint density at radius 2 is 1.74 bits per heavy atom. The molecule has 1 aromatic heterocycles. The fourth-order valence-corrected chi connectivity index (χ4v) is 3.29. The Labute approximate surface area is 193 Å². The van der Waals surface area contributed by atoms with E-state index in [0.717, 1.165) is 5.56 Å². The van der Waals surface area contributed by atoms with Crippen molar-refractivity contribution >= 4 is 29.0 Å².